The fourth-order valence-electron chi connectivity index (χ4n) is 2.27. The van der Waals surface area contributed by atoms with E-state index in [1.807, 2.05) is 26.0 Å². The van der Waals surface area contributed by atoms with E-state index in [0.29, 0.717) is 5.82 Å². The van der Waals surface area contributed by atoms with Crippen molar-refractivity contribution in [2.75, 3.05) is 18.0 Å². The van der Waals surface area contributed by atoms with Crippen molar-refractivity contribution in [3.05, 3.63) is 47.3 Å². The second kappa shape index (κ2) is 6.97. The van der Waals surface area contributed by atoms with Crippen LogP contribution in [0, 0.1) is 13.8 Å². The summed E-state index contributed by atoms with van der Waals surface area (Å²) in [7, 11) is 0. The molecule has 1 aromatic carbocycles. The van der Waals surface area contributed by atoms with Crippen LogP contribution in [0.25, 0.3) is 12.2 Å². The van der Waals surface area contributed by atoms with E-state index in [1.54, 1.807) is 0 Å². The Labute approximate surface area is 126 Å². The molecule has 0 atom stereocenters. The van der Waals surface area contributed by atoms with Crippen LogP contribution >= 0.6 is 0 Å². The van der Waals surface area contributed by atoms with E-state index in [1.165, 1.54) is 5.69 Å². The van der Waals surface area contributed by atoms with Crippen molar-refractivity contribution in [3.63, 3.8) is 0 Å². The molecule has 110 valence electrons. The van der Waals surface area contributed by atoms with Crippen molar-refractivity contribution in [1.82, 2.24) is 15.0 Å². The van der Waals surface area contributed by atoms with Crippen LogP contribution in [0.5, 0.6) is 0 Å². The summed E-state index contributed by atoms with van der Waals surface area (Å²) in [6.07, 6.45) is 3.95. The standard InChI is InChI=1S/C17H22N4/c1-5-21(6-2)16-10-7-15(8-11-16)9-12-17-19-13(3)18-14(4)20-17/h7-12H,5-6H2,1-4H3/b12-9+. The lowest BCUT2D eigenvalue weighted by Crippen LogP contribution is -2.21. The van der Waals surface area contributed by atoms with Gasteiger partial charge >= 0.3 is 0 Å². The van der Waals surface area contributed by atoms with Gasteiger partial charge in [-0.2, -0.15) is 0 Å². The highest BCUT2D eigenvalue weighted by Crippen LogP contribution is 2.16. The van der Waals surface area contributed by atoms with Crippen LogP contribution in [0.1, 0.15) is 36.9 Å². The highest BCUT2D eigenvalue weighted by atomic mass is 15.1. The molecule has 4 heteroatoms. The minimum Gasteiger partial charge on any atom is -0.372 e. The van der Waals surface area contributed by atoms with Crippen LogP contribution in [0.15, 0.2) is 24.3 Å². The molecule has 0 amide bonds. The maximum Gasteiger partial charge on any atom is 0.156 e. The Morgan fingerprint density at radius 2 is 1.43 bits per heavy atom. The number of hydrogen-bond donors (Lipinski definition) is 0. The van der Waals surface area contributed by atoms with Crippen LogP contribution in [0.4, 0.5) is 5.69 Å². The van der Waals surface area contributed by atoms with Crippen LogP contribution in [0.2, 0.25) is 0 Å². The number of hydrogen-bond acceptors (Lipinski definition) is 4. The fraction of sp³-hybridized carbons (Fsp3) is 0.353. The highest BCUT2D eigenvalue weighted by Gasteiger charge is 2.00. The first kappa shape index (κ1) is 15.2. The highest BCUT2D eigenvalue weighted by molar-refractivity contribution is 5.67. The fourth-order valence-corrected chi connectivity index (χ4v) is 2.27. The third-order valence-electron chi connectivity index (χ3n) is 3.32. The summed E-state index contributed by atoms with van der Waals surface area (Å²) in [4.78, 5) is 15.1. The van der Waals surface area contributed by atoms with Gasteiger partial charge in [0, 0.05) is 18.8 Å². The van der Waals surface area contributed by atoms with Gasteiger partial charge < -0.3 is 4.90 Å². The molecule has 0 N–H and O–H groups in total. The molecule has 0 radical (unpaired) electrons. The van der Waals surface area contributed by atoms with Crippen molar-refractivity contribution in [1.29, 1.82) is 0 Å². The maximum atomic E-state index is 4.30. The van der Waals surface area contributed by atoms with E-state index < -0.39 is 0 Å². The van der Waals surface area contributed by atoms with E-state index in [-0.39, 0.29) is 0 Å². The number of nitrogens with zero attached hydrogens (tertiary/aromatic N) is 4. The normalized spacial score (nSPS) is 11.0. The monoisotopic (exact) mass is 282 g/mol. The van der Waals surface area contributed by atoms with Gasteiger partial charge in [-0.05, 0) is 51.5 Å². The third kappa shape index (κ3) is 4.12. The summed E-state index contributed by atoms with van der Waals surface area (Å²) < 4.78 is 0. The lowest BCUT2D eigenvalue weighted by Gasteiger charge is -2.20. The van der Waals surface area contributed by atoms with E-state index in [9.17, 15) is 0 Å². The Kier molecular flexibility index (Phi) is 5.04. The van der Waals surface area contributed by atoms with Crippen molar-refractivity contribution in [3.8, 4) is 0 Å². The van der Waals surface area contributed by atoms with Crippen LogP contribution in [-0.2, 0) is 0 Å². The molecular weight excluding hydrogens is 260 g/mol. The minimum absolute atomic E-state index is 0.702. The Morgan fingerprint density at radius 3 is 1.95 bits per heavy atom. The first-order valence-electron chi connectivity index (χ1n) is 7.34. The first-order valence-corrected chi connectivity index (χ1v) is 7.34. The quantitative estimate of drug-likeness (QED) is 0.841. The Hall–Kier alpha value is -2.23. The van der Waals surface area contributed by atoms with E-state index in [4.69, 9.17) is 0 Å². The Balaban J connectivity index is 2.14. The molecule has 2 rings (SSSR count). The van der Waals surface area contributed by atoms with Crippen LogP contribution in [-0.4, -0.2) is 28.0 Å². The molecule has 0 fully saturated rings. The maximum absolute atomic E-state index is 4.30. The first-order chi connectivity index (χ1) is 10.1. The molecule has 2 aromatic rings. The SMILES string of the molecule is CCN(CC)c1ccc(/C=C/c2nc(C)nc(C)n2)cc1. The zero-order valence-corrected chi connectivity index (χ0v) is 13.2. The van der Waals surface area contributed by atoms with Crippen molar-refractivity contribution in [2.45, 2.75) is 27.7 Å². The Bertz CT molecular complexity index is 593. The lowest BCUT2D eigenvalue weighted by atomic mass is 10.2. The van der Waals surface area contributed by atoms with Gasteiger partial charge in [0.1, 0.15) is 11.6 Å². The summed E-state index contributed by atoms with van der Waals surface area (Å²) in [6.45, 7) is 10.1. The molecule has 0 aliphatic heterocycles. The van der Waals surface area contributed by atoms with Gasteiger partial charge in [-0.3, -0.25) is 0 Å². The lowest BCUT2D eigenvalue weighted by molar-refractivity contribution is 0.866. The minimum atomic E-state index is 0.702. The van der Waals surface area contributed by atoms with Gasteiger partial charge in [0.15, 0.2) is 5.82 Å². The predicted molar refractivity (Wildman–Crippen MR) is 88.2 cm³/mol. The van der Waals surface area contributed by atoms with Gasteiger partial charge in [0.25, 0.3) is 0 Å². The molecule has 4 nitrogen and oxygen atoms in total. The second-order valence-electron chi connectivity index (χ2n) is 4.89. The van der Waals surface area contributed by atoms with Gasteiger partial charge in [0.05, 0.1) is 0 Å². The molecule has 1 aromatic heterocycles. The number of benzene rings is 1. The topological polar surface area (TPSA) is 41.9 Å². The summed E-state index contributed by atoms with van der Waals surface area (Å²) >= 11 is 0. The largest absolute Gasteiger partial charge is 0.372 e. The van der Waals surface area contributed by atoms with Gasteiger partial charge in [0.2, 0.25) is 0 Å². The van der Waals surface area contributed by atoms with Crippen molar-refractivity contribution in [2.24, 2.45) is 0 Å². The van der Waals surface area contributed by atoms with Crippen molar-refractivity contribution >= 4 is 17.8 Å². The molecule has 1 heterocycles. The van der Waals surface area contributed by atoms with Gasteiger partial charge in [-0.1, -0.05) is 18.2 Å². The number of aryl methyl sites for hydroxylation is 2. The molecule has 21 heavy (non-hydrogen) atoms. The molecular formula is C17H22N4. The smallest absolute Gasteiger partial charge is 0.156 e. The zero-order valence-electron chi connectivity index (χ0n) is 13.2. The predicted octanol–water partition coefficient (Wildman–Crippen LogP) is 3.51. The molecule has 0 aliphatic carbocycles. The average Bonchev–Trinajstić information content (AvgIpc) is 2.47. The third-order valence-corrected chi connectivity index (χ3v) is 3.32. The number of rotatable bonds is 5. The molecule has 0 saturated carbocycles. The van der Waals surface area contributed by atoms with Crippen molar-refractivity contribution < 1.29 is 0 Å². The summed E-state index contributed by atoms with van der Waals surface area (Å²) in [5.74, 6) is 2.20. The molecule has 0 saturated heterocycles. The van der Waals surface area contributed by atoms with Crippen LogP contribution in [0.3, 0.4) is 0 Å². The summed E-state index contributed by atoms with van der Waals surface area (Å²) in [5.41, 5.74) is 2.39. The molecule has 0 unspecified atom stereocenters. The molecule has 0 aliphatic rings. The molecule has 0 spiro atoms. The molecule has 0 bridgehead atoms. The number of aromatic nitrogens is 3. The van der Waals surface area contributed by atoms with Crippen LogP contribution < -0.4 is 4.90 Å². The Morgan fingerprint density at radius 1 is 0.857 bits per heavy atom. The zero-order chi connectivity index (χ0) is 15.2. The van der Waals surface area contributed by atoms with E-state index in [0.717, 1.165) is 30.3 Å². The second-order valence-corrected chi connectivity index (χ2v) is 4.89. The summed E-state index contributed by atoms with van der Waals surface area (Å²) in [5, 5.41) is 0. The van der Waals surface area contributed by atoms with E-state index >= 15 is 0 Å². The average molecular weight is 282 g/mol. The van der Waals surface area contributed by atoms with Gasteiger partial charge in [-0.25, -0.2) is 15.0 Å². The number of anilines is 1. The van der Waals surface area contributed by atoms with Gasteiger partial charge in [-0.15, -0.1) is 0 Å². The summed E-state index contributed by atoms with van der Waals surface area (Å²) in [6, 6.07) is 8.53. The van der Waals surface area contributed by atoms with E-state index in [2.05, 4.69) is 58.0 Å².